The highest BCUT2D eigenvalue weighted by Crippen LogP contribution is 2.47. The molecule has 2 aromatic carbocycles. The summed E-state index contributed by atoms with van der Waals surface area (Å²) < 4.78 is 0. The molecule has 2 nitrogen and oxygen atoms in total. The molecule has 4 atom stereocenters. The van der Waals surface area contributed by atoms with Crippen LogP contribution < -0.4 is 0 Å². The lowest BCUT2D eigenvalue weighted by molar-refractivity contribution is 0.0554. The lowest BCUT2D eigenvalue weighted by atomic mass is 9.63. The average Bonchev–Trinajstić information content (AvgIpc) is 2.61. The summed E-state index contributed by atoms with van der Waals surface area (Å²) in [6, 6.07) is 20.8. The molecule has 0 spiro atoms. The average molecular weight is 296 g/mol. The first-order valence-corrected chi connectivity index (χ1v) is 8.16. The van der Waals surface area contributed by atoms with E-state index in [-0.39, 0.29) is 25.0 Å². The van der Waals surface area contributed by atoms with Crippen LogP contribution in [0.5, 0.6) is 0 Å². The minimum Gasteiger partial charge on any atom is -0.396 e. The van der Waals surface area contributed by atoms with Crippen LogP contribution in [-0.4, -0.2) is 23.4 Å². The second-order valence-corrected chi connectivity index (χ2v) is 6.30. The van der Waals surface area contributed by atoms with Crippen molar-refractivity contribution >= 4 is 0 Å². The molecule has 4 unspecified atom stereocenters. The normalized spacial score (nSPS) is 28.5. The molecule has 1 aliphatic carbocycles. The van der Waals surface area contributed by atoms with Gasteiger partial charge in [0.25, 0.3) is 0 Å². The molecule has 0 saturated heterocycles. The Balaban J connectivity index is 1.89. The van der Waals surface area contributed by atoms with Gasteiger partial charge in [0, 0.05) is 13.2 Å². The Bertz CT molecular complexity index is 513. The van der Waals surface area contributed by atoms with E-state index in [9.17, 15) is 10.2 Å². The van der Waals surface area contributed by atoms with Gasteiger partial charge < -0.3 is 10.2 Å². The van der Waals surface area contributed by atoms with Crippen molar-refractivity contribution in [1.82, 2.24) is 0 Å². The van der Waals surface area contributed by atoms with Gasteiger partial charge in [-0.1, -0.05) is 60.7 Å². The van der Waals surface area contributed by atoms with Crippen LogP contribution in [0.4, 0.5) is 0 Å². The summed E-state index contributed by atoms with van der Waals surface area (Å²) in [4.78, 5) is 0. The molecule has 22 heavy (non-hydrogen) atoms. The highest BCUT2D eigenvalue weighted by molar-refractivity contribution is 5.26. The maximum atomic E-state index is 9.98. The number of aliphatic hydroxyl groups excluding tert-OH is 2. The fraction of sp³-hybridized carbons (Fsp3) is 0.400. The van der Waals surface area contributed by atoms with Crippen molar-refractivity contribution in [1.29, 1.82) is 0 Å². The Morgan fingerprint density at radius 1 is 0.636 bits per heavy atom. The van der Waals surface area contributed by atoms with Gasteiger partial charge in [-0.25, -0.2) is 0 Å². The molecule has 1 fully saturated rings. The third-order valence-corrected chi connectivity index (χ3v) is 5.25. The lowest BCUT2D eigenvalue weighted by Gasteiger charge is -2.42. The van der Waals surface area contributed by atoms with Crippen LogP contribution in [0.3, 0.4) is 0 Å². The van der Waals surface area contributed by atoms with E-state index in [0.717, 1.165) is 12.8 Å². The van der Waals surface area contributed by atoms with Crippen molar-refractivity contribution in [3.63, 3.8) is 0 Å². The van der Waals surface area contributed by atoms with Gasteiger partial charge in [-0.2, -0.15) is 0 Å². The van der Waals surface area contributed by atoms with Gasteiger partial charge in [-0.3, -0.25) is 0 Å². The minimum absolute atomic E-state index is 0.117. The predicted octanol–water partition coefficient (Wildman–Crippen LogP) is 3.56. The molecule has 116 valence electrons. The van der Waals surface area contributed by atoms with Crippen LogP contribution in [0.2, 0.25) is 0 Å². The summed E-state index contributed by atoms with van der Waals surface area (Å²) in [6.45, 7) is 0.266. The Morgan fingerprint density at radius 2 is 1.00 bits per heavy atom. The van der Waals surface area contributed by atoms with Gasteiger partial charge in [0.05, 0.1) is 0 Å². The van der Waals surface area contributed by atoms with Crippen molar-refractivity contribution in [2.24, 2.45) is 11.8 Å². The first-order valence-electron chi connectivity index (χ1n) is 8.16. The Labute approximate surface area is 132 Å². The van der Waals surface area contributed by atoms with Gasteiger partial charge >= 0.3 is 0 Å². The van der Waals surface area contributed by atoms with Crippen molar-refractivity contribution in [2.75, 3.05) is 13.2 Å². The highest BCUT2D eigenvalue weighted by Gasteiger charge is 2.39. The standard InChI is InChI=1S/C20H24O2/c21-13-19-17(15-7-3-1-4-8-15)11-12-18(20(19)14-22)16-9-5-2-6-10-16/h1-10,17-22H,11-14H2. The number of hydrogen-bond acceptors (Lipinski definition) is 2. The van der Waals surface area contributed by atoms with Crippen molar-refractivity contribution in [3.8, 4) is 0 Å². The molecule has 0 bridgehead atoms. The molecule has 1 aliphatic rings. The Hall–Kier alpha value is -1.64. The van der Waals surface area contributed by atoms with E-state index in [4.69, 9.17) is 0 Å². The van der Waals surface area contributed by atoms with E-state index >= 15 is 0 Å². The first kappa shape index (κ1) is 15.3. The molecule has 0 aliphatic heterocycles. The molecule has 2 aromatic rings. The van der Waals surface area contributed by atoms with Gasteiger partial charge in [0.2, 0.25) is 0 Å². The summed E-state index contributed by atoms with van der Waals surface area (Å²) >= 11 is 0. The number of benzene rings is 2. The van der Waals surface area contributed by atoms with Crippen molar-refractivity contribution in [3.05, 3.63) is 71.8 Å². The predicted molar refractivity (Wildman–Crippen MR) is 88.8 cm³/mol. The minimum atomic E-state index is 0.117. The highest BCUT2D eigenvalue weighted by atomic mass is 16.3. The zero-order chi connectivity index (χ0) is 15.4. The summed E-state index contributed by atoms with van der Waals surface area (Å²) in [5, 5.41) is 20.0. The fourth-order valence-corrected chi connectivity index (χ4v) is 4.14. The maximum Gasteiger partial charge on any atom is 0.0468 e. The number of rotatable bonds is 4. The van der Waals surface area contributed by atoms with Gasteiger partial charge in [-0.15, -0.1) is 0 Å². The molecule has 0 radical (unpaired) electrons. The number of hydrogen-bond donors (Lipinski definition) is 2. The van der Waals surface area contributed by atoms with Crippen LogP contribution in [0.15, 0.2) is 60.7 Å². The van der Waals surface area contributed by atoms with Crippen molar-refractivity contribution in [2.45, 2.75) is 24.7 Å². The van der Waals surface area contributed by atoms with Gasteiger partial charge in [-0.05, 0) is 47.6 Å². The second-order valence-electron chi connectivity index (χ2n) is 6.30. The van der Waals surface area contributed by atoms with E-state index in [1.54, 1.807) is 0 Å². The quantitative estimate of drug-likeness (QED) is 0.905. The first-order chi connectivity index (χ1) is 10.8. The SMILES string of the molecule is OCC1C(c2ccccc2)CCC(c2ccccc2)C1CO. The molecular weight excluding hydrogens is 272 g/mol. The summed E-state index contributed by atoms with van der Waals surface area (Å²) in [5.74, 6) is 0.907. The molecular formula is C20H24O2. The maximum absolute atomic E-state index is 9.98. The molecule has 0 amide bonds. The molecule has 2 N–H and O–H groups in total. The largest absolute Gasteiger partial charge is 0.396 e. The zero-order valence-electron chi connectivity index (χ0n) is 12.8. The summed E-state index contributed by atoms with van der Waals surface area (Å²) in [7, 11) is 0. The molecule has 2 heteroatoms. The topological polar surface area (TPSA) is 40.5 Å². The van der Waals surface area contributed by atoms with E-state index in [1.807, 2.05) is 12.1 Å². The van der Waals surface area contributed by atoms with Crippen LogP contribution in [-0.2, 0) is 0 Å². The van der Waals surface area contributed by atoms with Crippen LogP contribution in [0.1, 0.15) is 35.8 Å². The van der Waals surface area contributed by atoms with Crippen LogP contribution in [0.25, 0.3) is 0 Å². The fourth-order valence-electron chi connectivity index (χ4n) is 4.14. The zero-order valence-corrected chi connectivity index (χ0v) is 12.8. The van der Waals surface area contributed by atoms with Gasteiger partial charge in [0.15, 0.2) is 0 Å². The smallest absolute Gasteiger partial charge is 0.0468 e. The molecule has 0 aromatic heterocycles. The summed E-state index contributed by atoms with van der Waals surface area (Å²) in [6.07, 6.45) is 2.12. The van der Waals surface area contributed by atoms with E-state index in [1.165, 1.54) is 11.1 Å². The van der Waals surface area contributed by atoms with E-state index in [0.29, 0.717) is 11.8 Å². The molecule has 1 saturated carbocycles. The molecule has 3 rings (SSSR count). The monoisotopic (exact) mass is 296 g/mol. The van der Waals surface area contributed by atoms with Crippen LogP contribution in [0, 0.1) is 11.8 Å². The number of aliphatic hydroxyl groups is 2. The summed E-state index contributed by atoms with van der Waals surface area (Å²) in [5.41, 5.74) is 2.57. The molecule has 0 heterocycles. The van der Waals surface area contributed by atoms with Crippen molar-refractivity contribution < 1.29 is 10.2 Å². The Morgan fingerprint density at radius 3 is 1.32 bits per heavy atom. The van der Waals surface area contributed by atoms with E-state index in [2.05, 4.69) is 48.5 Å². The van der Waals surface area contributed by atoms with Gasteiger partial charge in [0.1, 0.15) is 0 Å². The van der Waals surface area contributed by atoms with Crippen LogP contribution >= 0.6 is 0 Å². The lowest BCUT2D eigenvalue weighted by Crippen LogP contribution is -2.37. The third-order valence-electron chi connectivity index (χ3n) is 5.25. The van der Waals surface area contributed by atoms with E-state index < -0.39 is 0 Å². The second kappa shape index (κ2) is 7.08. The third kappa shape index (κ3) is 2.94. The Kier molecular flexibility index (Phi) is 4.91.